The number of hydrogen-bond acceptors (Lipinski definition) is 5. The van der Waals surface area contributed by atoms with Crippen LogP contribution in [0.15, 0.2) is 0 Å². The molecule has 0 saturated heterocycles. The van der Waals surface area contributed by atoms with E-state index in [0.29, 0.717) is 39.6 Å². The molecule has 104 valence electrons. The first-order valence-corrected chi connectivity index (χ1v) is 6.20. The van der Waals surface area contributed by atoms with Crippen LogP contribution in [0.4, 0.5) is 0 Å². The smallest absolute Gasteiger partial charge is 0.0975 e. The van der Waals surface area contributed by atoms with Gasteiger partial charge in [-0.2, -0.15) is 0 Å². The van der Waals surface area contributed by atoms with Crippen molar-refractivity contribution < 1.29 is 19.3 Å². The third-order valence-electron chi connectivity index (χ3n) is 2.15. The standard InChI is InChI=1S/C12H27NO4/c1-4-5-13-10-12(2,14)11-17-9-8-16-7-6-15-3/h13-14H,4-11H2,1-3H3. The first-order chi connectivity index (χ1) is 8.12. The van der Waals surface area contributed by atoms with Crippen molar-refractivity contribution in [3.63, 3.8) is 0 Å². The molecule has 17 heavy (non-hydrogen) atoms. The topological polar surface area (TPSA) is 60.0 Å². The molecular formula is C12H27NO4. The minimum Gasteiger partial charge on any atom is -0.386 e. The molecule has 0 aromatic carbocycles. The molecule has 0 aliphatic carbocycles. The first-order valence-electron chi connectivity index (χ1n) is 6.20. The van der Waals surface area contributed by atoms with Gasteiger partial charge < -0.3 is 24.6 Å². The van der Waals surface area contributed by atoms with Crippen molar-refractivity contribution in [2.75, 3.05) is 53.2 Å². The van der Waals surface area contributed by atoms with Crippen LogP contribution in [0.5, 0.6) is 0 Å². The van der Waals surface area contributed by atoms with E-state index in [0.717, 1.165) is 13.0 Å². The quantitative estimate of drug-likeness (QED) is 0.491. The third kappa shape index (κ3) is 12.1. The van der Waals surface area contributed by atoms with E-state index in [-0.39, 0.29) is 0 Å². The van der Waals surface area contributed by atoms with Gasteiger partial charge in [-0.05, 0) is 19.9 Å². The number of aliphatic hydroxyl groups is 1. The van der Waals surface area contributed by atoms with E-state index in [4.69, 9.17) is 14.2 Å². The van der Waals surface area contributed by atoms with Crippen molar-refractivity contribution >= 4 is 0 Å². The van der Waals surface area contributed by atoms with E-state index in [9.17, 15) is 5.11 Å². The lowest BCUT2D eigenvalue weighted by atomic mass is 10.1. The zero-order valence-corrected chi connectivity index (χ0v) is 11.3. The zero-order valence-electron chi connectivity index (χ0n) is 11.3. The summed E-state index contributed by atoms with van der Waals surface area (Å²) in [4.78, 5) is 0. The average Bonchev–Trinajstić information content (AvgIpc) is 2.28. The fourth-order valence-electron chi connectivity index (χ4n) is 1.24. The molecule has 0 bridgehead atoms. The average molecular weight is 249 g/mol. The Kier molecular flexibility index (Phi) is 10.8. The van der Waals surface area contributed by atoms with Crippen LogP contribution in [-0.2, 0) is 14.2 Å². The summed E-state index contributed by atoms with van der Waals surface area (Å²) < 4.78 is 15.4. The van der Waals surface area contributed by atoms with Crippen LogP contribution in [0.1, 0.15) is 20.3 Å². The molecule has 5 heteroatoms. The van der Waals surface area contributed by atoms with Crippen molar-refractivity contribution in [3.05, 3.63) is 0 Å². The summed E-state index contributed by atoms with van der Waals surface area (Å²) in [5, 5.41) is 13.1. The van der Waals surface area contributed by atoms with Crippen molar-refractivity contribution in [1.82, 2.24) is 5.32 Å². The Balaban J connectivity index is 3.32. The van der Waals surface area contributed by atoms with Gasteiger partial charge in [0.05, 0.1) is 38.6 Å². The van der Waals surface area contributed by atoms with Gasteiger partial charge in [-0.15, -0.1) is 0 Å². The molecule has 0 heterocycles. The Morgan fingerprint density at radius 1 is 1.12 bits per heavy atom. The molecule has 0 aliphatic rings. The largest absolute Gasteiger partial charge is 0.386 e. The Hall–Kier alpha value is -0.200. The molecule has 1 unspecified atom stereocenters. The highest BCUT2D eigenvalue weighted by Gasteiger charge is 2.19. The summed E-state index contributed by atoms with van der Waals surface area (Å²) >= 11 is 0. The molecule has 0 aromatic heterocycles. The highest BCUT2D eigenvalue weighted by molar-refractivity contribution is 4.74. The molecule has 0 aliphatic heterocycles. The van der Waals surface area contributed by atoms with Crippen LogP contribution in [0.25, 0.3) is 0 Å². The van der Waals surface area contributed by atoms with Crippen molar-refractivity contribution in [3.8, 4) is 0 Å². The highest BCUT2D eigenvalue weighted by atomic mass is 16.5. The maximum Gasteiger partial charge on any atom is 0.0975 e. The number of hydrogen-bond donors (Lipinski definition) is 2. The molecule has 5 nitrogen and oxygen atoms in total. The number of methoxy groups -OCH3 is 1. The molecule has 1 atom stereocenters. The molecule has 0 fully saturated rings. The van der Waals surface area contributed by atoms with E-state index >= 15 is 0 Å². The van der Waals surface area contributed by atoms with Crippen LogP contribution in [0.2, 0.25) is 0 Å². The van der Waals surface area contributed by atoms with Crippen molar-refractivity contribution in [2.24, 2.45) is 0 Å². The van der Waals surface area contributed by atoms with Gasteiger partial charge in [-0.25, -0.2) is 0 Å². The molecular weight excluding hydrogens is 222 g/mol. The van der Waals surface area contributed by atoms with Crippen molar-refractivity contribution in [2.45, 2.75) is 25.9 Å². The maximum atomic E-state index is 9.93. The molecule has 0 spiro atoms. The molecule has 0 rings (SSSR count). The Morgan fingerprint density at radius 2 is 1.76 bits per heavy atom. The van der Waals surface area contributed by atoms with Crippen LogP contribution in [0, 0.1) is 0 Å². The summed E-state index contributed by atoms with van der Waals surface area (Å²) in [6, 6.07) is 0. The molecule has 0 saturated carbocycles. The maximum absolute atomic E-state index is 9.93. The SMILES string of the molecule is CCCNCC(C)(O)COCCOCCOC. The number of rotatable bonds is 12. The van der Waals surface area contributed by atoms with Gasteiger partial charge in [-0.1, -0.05) is 6.92 Å². The molecule has 0 amide bonds. The van der Waals surface area contributed by atoms with Crippen LogP contribution < -0.4 is 5.32 Å². The van der Waals surface area contributed by atoms with E-state index in [1.807, 2.05) is 0 Å². The third-order valence-corrected chi connectivity index (χ3v) is 2.15. The summed E-state index contributed by atoms with van der Waals surface area (Å²) in [6.07, 6.45) is 1.06. The van der Waals surface area contributed by atoms with E-state index in [1.165, 1.54) is 0 Å². The Bertz CT molecular complexity index is 165. The van der Waals surface area contributed by atoms with Gasteiger partial charge in [0.25, 0.3) is 0 Å². The minimum absolute atomic E-state index is 0.317. The number of ether oxygens (including phenoxy) is 3. The van der Waals surface area contributed by atoms with Gasteiger partial charge >= 0.3 is 0 Å². The van der Waals surface area contributed by atoms with E-state index < -0.39 is 5.60 Å². The minimum atomic E-state index is -0.818. The summed E-state index contributed by atoms with van der Waals surface area (Å²) in [5.74, 6) is 0. The van der Waals surface area contributed by atoms with Gasteiger partial charge in [-0.3, -0.25) is 0 Å². The van der Waals surface area contributed by atoms with Gasteiger partial charge in [0, 0.05) is 13.7 Å². The first kappa shape index (κ1) is 16.8. The molecule has 2 N–H and O–H groups in total. The van der Waals surface area contributed by atoms with Crippen LogP contribution in [-0.4, -0.2) is 63.9 Å². The zero-order chi connectivity index (χ0) is 13.0. The fraction of sp³-hybridized carbons (Fsp3) is 1.00. The van der Waals surface area contributed by atoms with E-state index in [1.54, 1.807) is 14.0 Å². The predicted octanol–water partition coefficient (Wildman–Crippen LogP) is 0.417. The summed E-state index contributed by atoms with van der Waals surface area (Å²) in [6.45, 7) is 7.83. The summed E-state index contributed by atoms with van der Waals surface area (Å²) in [5.41, 5.74) is -0.818. The fourth-order valence-corrected chi connectivity index (χ4v) is 1.24. The second-order valence-electron chi connectivity index (χ2n) is 4.33. The summed E-state index contributed by atoms with van der Waals surface area (Å²) in [7, 11) is 1.64. The lowest BCUT2D eigenvalue weighted by molar-refractivity contribution is -0.0490. The second kappa shape index (κ2) is 10.9. The molecule has 0 radical (unpaired) electrons. The Labute approximate surface area is 104 Å². The predicted molar refractivity (Wildman–Crippen MR) is 67.3 cm³/mol. The van der Waals surface area contributed by atoms with Crippen molar-refractivity contribution in [1.29, 1.82) is 0 Å². The second-order valence-corrected chi connectivity index (χ2v) is 4.33. The normalized spacial score (nSPS) is 14.8. The highest BCUT2D eigenvalue weighted by Crippen LogP contribution is 2.02. The lowest BCUT2D eigenvalue weighted by Gasteiger charge is -2.23. The molecule has 0 aromatic rings. The van der Waals surface area contributed by atoms with Gasteiger partial charge in [0.2, 0.25) is 0 Å². The van der Waals surface area contributed by atoms with E-state index in [2.05, 4.69) is 12.2 Å². The van der Waals surface area contributed by atoms with Gasteiger partial charge in [0.15, 0.2) is 0 Å². The monoisotopic (exact) mass is 249 g/mol. The van der Waals surface area contributed by atoms with Crippen LogP contribution >= 0.6 is 0 Å². The lowest BCUT2D eigenvalue weighted by Crippen LogP contribution is -2.42. The number of nitrogens with one attached hydrogen (secondary N) is 1. The van der Waals surface area contributed by atoms with Crippen LogP contribution in [0.3, 0.4) is 0 Å². The van der Waals surface area contributed by atoms with Gasteiger partial charge in [0.1, 0.15) is 0 Å². The Morgan fingerprint density at radius 3 is 2.41 bits per heavy atom.